The van der Waals surface area contributed by atoms with Crippen LogP contribution in [0.25, 0.3) is 0 Å². The van der Waals surface area contributed by atoms with E-state index in [0.29, 0.717) is 0 Å². The average Bonchev–Trinajstić information content (AvgIpc) is 2.20. The van der Waals surface area contributed by atoms with Gasteiger partial charge in [-0.2, -0.15) is 0 Å². The van der Waals surface area contributed by atoms with Crippen molar-refractivity contribution in [3.05, 3.63) is 35.9 Å². The van der Waals surface area contributed by atoms with Crippen molar-refractivity contribution >= 4 is 5.91 Å². The summed E-state index contributed by atoms with van der Waals surface area (Å²) >= 11 is 0. The number of carbonyl (C=O) groups is 1. The minimum Gasteiger partial charge on any atom is -0.368 e. The maximum atomic E-state index is 11.7. The van der Waals surface area contributed by atoms with Gasteiger partial charge in [-0.3, -0.25) is 4.79 Å². The summed E-state index contributed by atoms with van der Waals surface area (Å²) < 4.78 is 0. The number of carbonyl (C=O) groups excluding carboxylic acids is 1. The van der Waals surface area contributed by atoms with Gasteiger partial charge in [0.05, 0.1) is 0 Å². The molecule has 0 aliphatic rings. The average molecular weight is 206 g/mol. The monoisotopic (exact) mass is 206 g/mol. The van der Waals surface area contributed by atoms with Crippen LogP contribution in [-0.2, 0) is 10.3 Å². The van der Waals surface area contributed by atoms with Crippen LogP contribution in [0.4, 0.5) is 0 Å². The van der Waals surface area contributed by atoms with Crippen molar-refractivity contribution < 1.29 is 4.79 Å². The summed E-state index contributed by atoms with van der Waals surface area (Å²) in [4.78, 5) is 11.7. The largest absolute Gasteiger partial charge is 0.368 e. The summed E-state index contributed by atoms with van der Waals surface area (Å²) in [5.41, 5.74) is 5.65. The third-order valence-electron chi connectivity index (χ3n) is 2.88. The minimum atomic E-state index is -0.777. The molecule has 1 aromatic carbocycles. The molecule has 1 atom stereocenters. The number of nitrogens with two attached hydrogens (primary N) is 1. The van der Waals surface area contributed by atoms with Crippen LogP contribution in [0.1, 0.15) is 19.4 Å². The van der Waals surface area contributed by atoms with E-state index in [2.05, 4.69) is 5.32 Å². The summed E-state index contributed by atoms with van der Waals surface area (Å²) in [7, 11) is 1.76. The predicted octanol–water partition coefficient (Wildman–Crippen LogP) is 1.24. The lowest BCUT2D eigenvalue weighted by Gasteiger charge is -2.34. The zero-order chi connectivity index (χ0) is 11.5. The first kappa shape index (κ1) is 11.7. The lowest BCUT2D eigenvalue weighted by molar-refractivity contribution is -0.126. The molecule has 0 saturated carbocycles. The number of nitrogens with one attached hydrogen (secondary N) is 1. The molecule has 82 valence electrons. The summed E-state index contributed by atoms with van der Waals surface area (Å²) in [6, 6.07) is 9.58. The number of primary amides is 1. The van der Waals surface area contributed by atoms with Crippen LogP contribution < -0.4 is 11.1 Å². The summed E-state index contributed by atoms with van der Waals surface area (Å²) in [6.07, 6.45) is 0. The SMILES string of the molecule is CNC(C(N)=O)(c1ccccc1)C(C)C. The summed E-state index contributed by atoms with van der Waals surface area (Å²) in [5, 5.41) is 3.06. The molecule has 0 aromatic heterocycles. The molecule has 3 N–H and O–H groups in total. The van der Waals surface area contributed by atoms with Gasteiger partial charge in [0.1, 0.15) is 5.54 Å². The Balaban J connectivity index is 3.28. The first-order chi connectivity index (χ1) is 7.05. The molecular weight excluding hydrogens is 188 g/mol. The van der Waals surface area contributed by atoms with Gasteiger partial charge in [-0.05, 0) is 18.5 Å². The van der Waals surface area contributed by atoms with Gasteiger partial charge in [0.25, 0.3) is 0 Å². The highest BCUT2D eigenvalue weighted by atomic mass is 16.1. The van der Waals surface area contributed by atoms with E-state index in [9.17, 15) is 4.79 Å². The number of hydrogen-bond acceptors (Lipinski definition) is 2. The van der Waals surface area contributed by atoms with E-state index >= 15 is 0 Å². The molecule has 1 amide bonds. The second-order valence-electron chi connectivity index (χ2n) is 3.94. The van der Waals surface area contributed by atoms with Crippen molar-refractivity contribution in [3.63, 3.8) is 0 Å². The molecule has 15 heavy (non-hydrogen) atoms. The fourth-order valence-corrected chi connectivity index (χ4v) is 2.02. The molecule has 1 rings (SSSR count). The lowest BCUT2D eigenvalue weighted by Crippen LogP contribution is -2.54. The molecule has 0 saturated heterocycles. The zero-order valence-electron chi connectivity index (χ0n) is 9.45. The van der Waals surface area contributed by atoms with Crippen LogP contribution in [0.15, 0.2) is 30.3 Å². The van der Waals surface area contributed by atoms with Crippen molar-refractivity contribution in [1.82, 2.24) is 5.32 Å². The maximum Gasteiger partial charge on any atom is 0.242 e. The second kappa shape index (κ2) is 4.45. The normalized spacial score (nSPS) is 14.9. The fourth-order valence-electron chi connectivity index (χ4n) is 2.02. The topological polar surface area (TPSA) is 55.1 Å². The van der Waals surface area contributed by atoms with Crippen LogP contribution in [0, 0.1) is 5.92 Å². The van der Waals surface area contributed by atoms with Crippen molar-refractivity contribution in [2.45, 2.75) is 19.4 Å². The van der Waals surface area contributed by atoms with Gasteiger partial charge >= 0.3 is 0 Å². The molecule has 3 heteroatoms. The van der Waals surface area contributed by atoms with Crippen molar-refractivity contribution in [2.24, 2.45) is 11.7 Å². The summed E-state index contributed by atoms with van der Waals surface area (Å²) in [5.74, 6) is -0.242. The Bertz CT molecular complexity index is 335. The Morgan fingerprint density at radius 2 is 1.87 bits per heavy atom. The number of likely N-dealkylation sites (N-methyl/N-ethyl adjacent to an activating group) is 1. The molecule has 0 fully saturated rings. The zero-order valence-corrected chi connectivity index (χ0v) is 9.45. The van der Waals surface area contributed by atoms with Gasteiger partial charge in [0, 0.05) is 0 Å². The predicted molar refractivity (Wildman–Crippen MR) is 61.2 cm³/mol. The standard InChI is InChI=1S/C12H18N2O/c1-9(2)12(14-3,11(13)15)10-7-5-4-6-8-10/h4-9,14H,1-3H3,(H2,13,15). The van der Waals surface area contributed by atoms with E-state index in [4.69, 9.17) is 5.73 Å². The van der Waals surface area contributed by atoms with Gasteiger partial charge in [0.2, 0.25) is 5.91 Å². The van der Waals surface area contributed by atoms with Crippen LogP contribution >= 0.6 is 0 Å². The molecule has 0 bridgehead atoms. The van der Waals surface area contributed by atoms with Crippen LogP contribution in [0.2, 0.25) is 0 Å². The molecule has 3 nitrogen and oxygen atoms in total. The molecule has 1 aromatic rings. The van der Waals surface area contributed by atoms with Gasteiger partial charge in [0.15, 0.2) is 0 Å². The van der Waals surface area contributed by atoms with E-state index in [0.717, 1.165) is 5.56 Å². The van der Waals surface area contributed by atoms with E-state index in [1.807, 2.05) is 44.2 Å². The highest BCUT2D eigenvalue weighted by Crippen LogP contribution is 2.28. The quantitative estimate of drug-likeness (QED) is 0.778. The maximum absolute atomic E-state index is 11.7. The van der Waals surface area contributed by atoms with Crippen molar-refractivity contribution in [1.29, 1.82) is 0 Å². The van der Waals surface area contributed by atoms with Crippen molar-refractivity contribution in [2.75, 3.05) is 7.05 Å². The second-order valence-corrected chi connectivity index (χ2v) is 3.94. The molecule has 0 spiro atoms. The number of rotatable bonds is 4. The molecule has 0 heterocycles. The number of amides is 1. The van der Waals surface area contributed by atoms with Gasteiger partial charge in [-0.25, -0.2) is 0 Å². The Morgan fingerprint density at radius 3 is 2.20 bits per heavy atom. The highest BCUT2D eigenvalue weighted by molar-refractivity contribution is 5.86. The Hall–Kier alpha value is -1.35. The van der Waals surface area contributed by atoms with E-state index in [-0.39, 0.29) is 11.8 Å². The number of benzene rings is 1. The lowest BCUT2D eigenvalue weighted by atomic mass is 9.79. The molecule has 0 aliphatic carbocycles. The third-order valence-corrected chi connectivity index (χ3v) is 2.88. The Labute approximate surface area is 90.7 Å². The van der Waals surface area contributed by atoms with E-state index < -0.39 is 5.54 Å². The minimum absolute atomic E-state index is 0.0994. The Kier molecular flexibility index (Phi) is 3.48. The number of hydrogen-bond donors (Lipinski definition) is 2. The van der Waals surface area contributed by atoms with Gasteiger partial charge in [-0.15, -0.1) is 0 Å². The molecule has 0 aliphatic heterocycles. The highest BCUT2D eigenvalue weighted by Gasteiger charge is 2.39. The van der Waals surface area contributed by atoms with Crippen LogP contribution in [0.5, 0.6) is 0 Å². The van der Waals surface area contributed by atoms with E-state index in [1.165, 1.54) is 0 Å². The van der Waals surface area contributed by atoms with Crippen LogP contribution in [-0.4, -0.2) is 13.0 Å². The Morgan fingerprint density at radius 1 is 1.33 bits per heavy atom. The first-order valence-corrected chi connectivity index (χ1v) is 5.10. The smallest absolute Gasteiger partial charge is 0.242 e. The molecular formula is C12H18N2O. The fraction of sp³-hybridized carbons (Fsp3) is 0.417. The van der Waals surface area contributed by atoms with Gasteiger partial charge < -0.3 is 11.1 Å². The van der Waals surface area contributed by atoms with Gasteiger partial charge in [-0.1, -0.05) is 44.2 Å². The van der Waals surface area contributed by atoms with Crippen molar-refractivity contribution in [3.8, 4) is 0 Å². The summed E-state index contributed by atoms with van der Waals surface area (Å²) in [6.45, 7) is 3.96. The molecule has 1 unspecified atom stereocenters. The van der Waals surface area contributed by atoms with Crippen LogP contribution in [0.3, 0.4) is 0 Å². The third kappa shape index (κ3) is 1.88. The first-order valence-electron chi connectivity index (χ1n) is 5.10. The molecule has 0 radical (unpaired) electrons. The van der Waals surface area contributed by atoms with E-state index in [1.54, 1.807) is 7.05 Å².